The highest BCUT2D eigenvalue weighted by Gasteiger charge is 2.43. The molecule has 0 unspecified atom stereocenters. The predicted molar refractivity (Wildman–Crippen MR) is 127 cm³/mol. The summed E-state index contributed by atoms with van der Waals surface area (Å²) < 4.78 is 8.59. The summed E-state index contributed by atoms with van der Waals surface area (Å²) in [6.45, 7) is 1.07. The molecule has 1 spiro atoms. The van der Waals surface area contributed by atoms with Crippen LogP contribution in [0.2, 0.25) is 0 Å². The van der Waals surface area contributed by atoms with Crippen molar-refractivity contribution in [2.24, 2.45) is 0 Å². The molecular formula is C26H24N6O3. The van der Waals surface area contributed by atoms with Crippen LogP contribution in [0.1, 0.15) is 58.9 Å². The molecule has 1 saturated carbocycles. The van der Waals surface area contributed by atoms with E-state index in [1.807, 2.05) is 41.3 Å². The molecule has 1 amide bonds. The molecule has 7 rings (SSSR count). The van der Waals surface area contributed by atoms with Crippen LogP contribution >= 0.6 is 0 Å². The number of tetrazole rings is 1. The lowest BCUT2D eigenvalue weighted by Crippen LogP contribution is -2.52. The SMILES string of the molecule is O=C1CC2(CCN(C(=O)c3cc(-c4nn[nH]n4)c4ccn(C5CC5)c4c3)CC2)Oc2ccccc21. The van der Waals surface area contributed by atoms with E-state index in [0.717, 1.165) is 29.3 Å². The number of rotatable bonds is 3. The highest BCUT2D eigenvalue weighted by Crippen LogP contribution is 2.41. The van der Waals surface area contributed by atoms with Gasteiger partial charge in [0.1, 0.15) is 11.4 Å². The number of Topliss-reactive ketones (excluding diaryl/α,β-unsaturated/α-hetero) is 1. The summed E-state index contributed by atoms with van der Waals surface area (Å²) in [7, 11) is 0. The first-order chi connectivity index (χ1) is 17.1. The number of fused-ring (bicyclic) bond motifs is 2. The van der Waals surface area contributed by atoms with Gasteiger partial charge < -0.3 is 14.2 Å². The van der Waals surface area contributed by atoms with Crippen LogP contribution in [0, 0.1) is 0 Å². The van der Waals surface area contributed by atoms with Crippen molar-refractivity contribution in [2.45, 2.75) is 43.7 Å². The van der Waals surface area contributed by atoms with Crippen molar-refractivity contribution >= 4 is 22.6 Å². The first-order valence-electron chi connectivity index (χ1n) is 12.1. The van der Waals surface area contributed by atoms with E-state index < -0.39 is 5.60 Å². The standard InChI is InChI=1S/C26H24N6O3/c33-22-15-26(35-23-4-2-1-3-19(22)23)8-11-31(12-9-26)25(34)16-13-20(24-27-29-30-28-24)18-7-10-32(17-5-6-17)21(18)14-16/h1-4,7,10,13-14,17H,5-6,8-9,11-12,15H2,(H,27,28,29,30). The molecule has 9 heteroatoms. The lowest BCUT2D eigenvalue weighted by molar-refractivity contribution is -0.00570. The molecule has 2 fully saturated rings. The Morgan fingerprint density at radius 3 is 2.69 bits per heavy atom. The van der Waals surface area contributed by atoms with Crippen molar-refractivity contribution in [1.29, 1.82) is 0 Å². The number of aromatic nitrogens is 5. The zero-order valence-electron chi connectivity index (χ0n) is 19.1. The maximum Gasteiger partial charge on any atom is 0.253 e. The maximum absolute atomic E-state index is 13.7. The molecule has 3 aliphatic rings. The molecule has 9 nitrogen and oxygen atoms in total. The number of ether oxygens (including phenoxy) is 1. The Kier molecular flexibility index (Phi) is 4.36. The van der Waals surface area contributed by atoms with Gasteiger partial charge in [0, 0.05) is 60.2 Å². The van der Waals surface area contributed by atoms with Crippen molar-refractivity contribution in [1.82, 2.24) is 30.1 Å². The van der Waals surface area contributed by atoms with E-state index in [2.05, 4.69) is 37.5 Å². The number of amides is 1. The van der Waals surface area contributed by atoms with Crippen molar-refractivity contribution in [3.05, 3.63) is 59.8 Å². The number of likely N-dealkylation sites (tertiary alicyclic amines) is 1. The van der Waals surface area contributed by atoms with Gasteiger partial charge in [-0.05, 0) is 48.4 Å². The largest absolute Gasteiger partial charge is 0.486 e. The summed E-state index contributed by atoms with van der Waals surface area (Å²) in [5, 5.41) is 15.6. The van der Waals surface area contributed by atoms with Gasteiger partial charge in [0.15, 0.2) is 5.78 Å². The second-order valence-electron chi connectivity index (χ2n) is 9.82. The second-order valence-corrected chi connectivity index (χ2v) is 9.82. The van der Waals surface area contributed by atoms with Gasteiger partial charge >= 0.3 is 0 Å². The summed E-state index contributed by atoms with van der Waals surface area (Å²) in [6, 6.07) is 13.8. The van der Waals surface area contributed by atoms with Crippen LogP contribution in [0.3, 0.4) is 0 Å². The number of carbonyl (C=O) groups excluding carboxylic acids is 2. The van der Waals surface area contributed by atoms with Crippen LogP contribution in [0.25, 0.3) is 22.3 Å². The summed E-state index contributed by atoms with van der Waals surface area (Å²) >= 11 is 0. The van der Waals surface area contributed by atoms with Gasteiger partial charge in [-0.1, -0.05) is 12.1 Å². The first-order valence-corrected chi connectivity index (χ1v) is 12.1. The topological polar surface area (TPSA) is 106 Å². The third kappa shape index (κ3) is 3.33. The van der Waals surface area contributed by atoms with E-state index in [1.54, 1.807) is 0 Å². The Hall–Kier alpha value is -4.01. The Morgan fingerprint density at radius 2 is 1.91 bits per heavy atom. The van der Waals surface area contributed by atoms with Crippen LogP contribution < -0.4 is 4.74 Å². The summed E-state index contributed by atoms with van der Waals surface area (Å²) in [4.78, 5) is 28.3. The Balaban J connectivity index is 1.18. The number of piperidine rings is 1. The number of hydrogen-bond donors (Lipinski definition) is 1. The van der Waals surface area contributed by atoms with Crippen molar-refractivity contribution in [3.8, 4) is 17.1 Å². The molecule has 0 radical (unpaired) electrons. The van der Waals surface area contributed by atoms with E-state index in [9.17, 15) is 9.59 Å². The molecule has 0 bridgehead atoms. The average Bonchev–Trinajstić information content (AvgIpc) is 3.38. The van der Waals surface area contributed by atoms with E-state index in [-0.39, 0.29) is 11.7 Å². The minimum Gasteiger partial charge on any atom is -0.486 e. The number of nitrogens with one attached hydrogen (secondary N) is 1. The smallest absolute Gasteiger partial charge is 0.253 e. The fourth-order valence-corrected chi connectivity index (χ4v) is 5.54. The molecule has 1 aliphatic carbocycles. The number of para-hydroxylation sites is 1. The van der Waals surface area contributed by atoms with Crippen LogP contribution in [-0.2, 0) is 0 Å². The fraction of sp³-hybridized carbons (Fsp3) is 0.346. The number of ketones is 1. The molecule has 0 atom stereocenters. The van der Waals surface area contributed by atoms with E-state index in [0.29, 0.717) is 61.1 Å². The summed E-state index contributed by atoms with van der Waals surface area (Å²) in [5.41, 5.74) is 2.54. The second kappa shape index (κ2) is 7.49. The molecule has 4 aromatic rings. The molecule has 35 heavy (non-hydrogen) atoms. The third-order valence-corrected chi connectivity index (χ3v) is 7.57. The quantitative estimate of drug-likeness (QED) is 0.490. The molecular weight excluding hydrogens is 444 g/mol. The summed E-state index contributed by atoms with van der Waals surface area (Å²) in [5.74, 6) is 1.21. The molecule has 176 valence electrons. The molecule has 4 heterocycles. The number of nitrogens with zero attached hydrogens (tertiary/aromatic N) is 5. The van der Waals surface area contributed by atoms with Crippen molar-refractivity contribution < 1.29 is 14.3 Å². The first kappa shape index (κ1) is 20.4. The lowest BCUT2D eigenvalue weighted by atomic mass is 9.82. The number of carbonyl (C=O) groups is 2. The minimum atomic E-state index is -0.539. The third-order valence-electron chi connectivity index (χ3n) is 7.57. The van der Waals surface area contributed by atoms with E-state index in [4.69, 9.17) is 4.74 Å². The normalized spacial score (nSPS) is 19.1. The molecule has 2 aromatic heterocycles. The maximum atomic E-state index is 13.7. The Morgan fingerprint density at radius 1 is 1.09 bits per heavy atom. The number of hydrogen-bond acceptors (Lipinski definition) is 6. The zero-order valence-corrected chi connectivity index (χ0v) is 19.1. The van der Waals surface area contributed by atoms with Crippen molar-refractivity contribution in [2.75, 3.05) is 13.1 Å². The van der Waals surface area contributed by atoms with Gasteiger partial charge in [-0.15, -0.1) is 10.2 Å². The fourth-order valence-electron chi connectivity index (χ4n) is 5.54. The van der Waals surface area contributed by atoms with Crippen LogP contribution in [0.4, 0.5) is 0 Å². The molecule has 2 aromatic carbocycles. The van der Waals surface area contributed by atoms with Crippen LogP contribution in [0.5, 0.6) is 5.75 Å². The summed E-state index contributed by atoms with van der Waals surface area (Å²) in [6.07, 6.45) is 5.98. The molecule has 1 N–H and O–H groups in total. The van der Waals surface area contributed by atoms with Crippen LogP contribution in [0.15, 0.2) is 48.7 Å². The monoisotopic (exact) mass is 468 g/mol. The Bertz CT molecular complexity index is 1460. The number of benzene rings is 2. The zero-order chi connectivity index (χ0) is 23.6. The molecule has 2 aliphatic heterocycles. The van der Waals surface area contributed by atoms with Gasteiger partial charge in [-0.3, -0.25) is 9.59 Å². The van der Waals surface area contributed by atoms with Gasteiger partial charge in [0.05, 0.1) is 12.0 Å². The van der Waals surface area contributed by atoms with E-state index in [1.165, 1.54) is 0 Å². The van der Waals surface area contributed by atoms with Gasteiger partial charge in [0.25, 0.3) is 5.91 Å². The number of aromatic amines is 1. The van der Waals surface area contributed by atoms with Gasteiger partial charge in [0.2, 0.25) is 5.82 Å². The highest BCUT2D eigenvalue weighted by molar-refractivity contribution is 6.03. The molecule has 1 saturated heterocycles. The van der Waals surface area contributed by atoms with Gasteiger partial charge in [-0.2, -0.15) is 5.21 Å². The van der Waals surface area contributed by atoms with E-state index >= 15 is 0 Å². The predicted octanol–water partition coefficient (Wildman–Crippen LogP) is 3.80. The number of H-pyrrole nitrogens is 1. The Labute approximate surface area is 201 Å². The van der Waals surface area contributed by atoms with Gasteiger partial charge in [-0.25, -0.2) is 0 Å². The average molecular weight is 469 g/mol. The van der Waals surface area contributed by atoms with Crippen molar-refractivity contribution in [3.63, 3.8) is 0 Å². The van der Waals surface area contributed by atoms with Crippen LogP contribution in [-0.4, -0.2) is 60.5 Å². The minimum absolute atomic E-state index is 0.0300. The lowest BCUT2D eigenvalue weighted by Gasteiger charge is -2.44. The highest BCUT2D eigenvalue weighted by atomic mass is 16.5.